The van der Waals surface area contributed by atoms with Crippen molar-refractivity contribution < 1.29 is 4.92 Å². The van der Waals surface area contributed by atoms with Crippen molar-refractivity contribution in [3.63, 3.8) is 0 Å². The average Bonchev–Trinajstić information content (AvgIpc) is 2.25. The van der Waals surface area contributed by atoms with Gasteiger partial charge in [-0.15, -0.1) is 0 Å². The summed E-state index contributed by atoms with van der Waals surface area (Å²) >= 11 is 0. The van der Waals surface area contributed by atoms with Gasteiger partial charge in [0.15, 0.2) is 0 Å². The molecule has 0 aliphatic heterocycles. The zero-order valence-electron chi connectivity index (χ0n) is 11.8. The van der Waals surface area contributed by atoms with E-state index in [1.165, 1.54) is 0 Å². The molecular formula is C14H22N2O2. The molecule has 0 amide bonds. The molecule has 1 aromatic rings. The van der Waals surface area contributed by atoms with Crippen molar-refractivity contribution in [2.75, 3.05) is 0 Å². The molecule has 0 saturated heterocycles. The number of nitrogens with one attached hydrogen (secondary N) is 1. The maximum absolute atomic E-state index is 10.9. The van der Waals surface area contributed by atoms with Crippen LogP contribution in [0.3, 0.4) is 0 Å². The molecule has 0 heterocycles. The van der Waals surface area contributed by atoms with Gasteiger partial charge in [-0.3, -0.25) is 10.1 Å². The number of nitro groups is 1. The Labute approximate surface area is 109 Å². The minimum Gasteiger partial charge on any atom is -0.310 e. The third kappa shape index (κ3) is 3.53. The lowest BCUT2D eigenvalue weighted by atomic mass is 9.88. The van der Waals surface area contributed by atoms with Crippen molar-refractivity contribution in [1.29, 1.82) is 0 Å². The van der Waals surface area contributed by atoms with Gasteiger partial charge in [0.2, 0.25) is 0 Å². The normalized spacial score (nSPS) is 13.4. The molecule has 100 valence electrons. The van der Waals surface area contributed by atoms with Crippen molar-refractivity contribution in [1.82, 2.24) is 5.32 Å². The summed E-state index contributed by atoms with van der Waals surface area (Å²) in [5.41, 5.74) is 2.10. The van der Waals surface area contributed by atoms with Gasteiger partial charge in [0, 0.05) is 24.2 Å². The zero-order valence-corrected chi connectivity index (χ0v) is 11.8. The van der Waals surface area contributed by atoms with Crippen molar-refractivity contribution in [3.8, 4) is 0 Å². The number of nitro benzene ring substituents is 1. The Hall–Kier alpha value is -1.42. The molecule has 1 N–H and O–H groups in total. The van der Waals surface area contributed by atoms with Gasteiger partial charge in [-0.05, 0) is 24.8 Å². The van der Waals surface area contributed by atoms with E-state index >= 15 is 0 Å². The maximum Gasteiger partial charge on any atom is 0.272 e. The van der Waals surface area contributed by atoms with Crippen LogP contribution in [0.2, 0.25) is 0 Å². The van der Waals surface area contributed by atoms with Crippen LogP contribution in [0.15, 0.2) is 18.2 Å². The van der Waals surface area contributed by atoms with E-state index in [9.17, 15) is 10.1 Å². The van der Waals surface area contributed by atoms with Crippen LogP contribution in [-0.4, -0.2) is 11.0 Å². The molecule has 0 saturated carbocycles. The molecule has 1 aromatic carbocycles. The van der Waals surface area contributed by atoms with Gasteiger partial charge >= 0.3 is 0 Å². The van der Waals surface area contributed by atoms with Gasteiger partial charge < -0.3 is 5.32 Å². The summed E-state index contributed by atoms with van der Waals surface area (Å²) < 4.78 is 0. The number of nitrogens with zero attached hydrogens (tertiary/aromatic N) is 1. The smallest absolute Gasteiger partial charge is 0.272 e. The molecular weight excluding hydrogens is 228 g/mol. The summed E-state index contributed by atoms with van der Waals surface area (Å²) in [6.45, 7) is 11.1. The second-order valence-corrected chi connectivity index (χ2v) is 5.79. The van der Waals surface area contributed by atoms with Crippen molar-refractivity contribution in [2.45, 2.75) is 47.2 Å². The highest BCUT2D eigenvalue weighted by Crippen LogP contribution is 2.22. The molecule has 0 bridgehead atoms. The van der Waals surface area contributed by atoms with Crippen LogP contribution < -0.4 is 5.32 Å². The summed E-state index contributed by atoms with van der Waals surface area (Å²) in [4.78, 5) is 10.5. The molecule has 1 atom stereocenters. The van der Waals surface area contributed by atoms with Crippen LogP contribution in [0.25, 0.3) is 0 Å². The van der Waals surface area contributed by atoms with Gasteiger partial charge in [0.1, 0.15) is 0 Å². The van der Waals surface area contributed by atoms with Crippen LogP contribution in [0, 0.1) is 22.5 Å². The molecule has 1 unspecified atom stereocenters. The molecule has 0 aliphatic rings. The summed E-state index contributed by atoms with van der Waals surface area (Å²) in [7, 11) is 0. The number of benzene rings is 1. The first-order valence-electron chi connectivity index (χ1n) is 6.19. The predicted molar refractivity (Wildman–Crippen MR) is 73.6 cm³/mol. The van der Waals surface area contributed by atoms with Gasteiger partial charge in [0.25, 0.3) is 5.69 Å². The summed E-state index contributed by atoms with van der Waals surface area (Å²) in [6.07, 6.45) is 0. The topological polar surface area (TPSA) is 55.2 Å². The molecule has 4 nitrogen and oxygen atoms in total. The minimum atomic E-state index is -0.327. The molecule has 1 rings (SSSR count). The van der Waals surface area contributed by atoms with E-state index in [2.05, 4.69) is 33.0 Å². The quantitative estimate of drug-likeness (QED) is 0.658. The minimum absolute atomic E-state index is 0.175. The van der Waals surface area contributed by atoms with Gasteiger partial charge in [0.05, 0.1) is 4.92 Å². The van der Waals surface area contributed by atoms with E-state index in [1.807, 2.05) is 6.07 Å². The van der Waals surface area contributed by atoms with E-state index < -0.39 is 0 Å². The molecule has 0 aliphatic carbocycles. The zero-order chi connectivity index (χ0) is 13.9. The molecule has 0 spiro atoms. The second kappa shape index (κ2) is 5.48. The fourth-order valence-corrected chi connectivity index (χ4v) is 1.63. The fraction of sp³-hybridized carbons (Fsp3) is 0.571. The molecule has 0 radical (unpaired) electrons. The Bertz CT molecular complexity index is 436. The Balaban J connectivity index is 2.81. The number of hydrogen-bond acceptors (Lipinski definition) is 3. The standard InChI is InChI=1S/C14H22N2O2/c1-10-12(7-6-8-13(10)16(17)18)9-15-11(2)14(3,4)5/h6-8,11,15H,9H2,1-5H3. The monoisotopic (exact) mass is 250 g/mol. The Morgan fingerprint density at radius 1 is 1.39 bits per heavy atom. The van der Waals surface area contributed by atoms with E-state index in [0.717, 1.165) is 11.1 Å². The van der Waals surface area contributed by atoms with Crippen molar-refractivity contribution >= 4 is 5.69 Å². The van der Waals surface area contributed by atoms with Crippen LogP contribution in [0.1, 0.15) is 38.8 Å². The third-order valence-corrected chi connectivity index (χ3v) is 3.51. The average molecular weight is 250 g/mol. The lowest BCUT2D eigenvalue weighted by Crippen LogP contribution is -2.37. The lowest BCUT2D eigenvalue weighted by molar-refractivity contribution is -0.385. The van der Waals surface area contributed by atoms with Crippen molar-refractivity contribution in [3.05, 3.63) is 39.4 Å². The molecule has 0 fully saturated rings. The van der Waals surface area contributed by atoms with E-state index in [4.69, 9.17) is 0 Å². The Morgan fingerprint density at radius 2 is 2.00 bits per heavy atom. The summed E-state index contributed by atoms with van der Waals surface area (Å²) in [6, 6.07) is 5.57. The van der Waals surface area contributed by atoms with Crippen LogP contribution in [0.4, 0.5) is 5.69 Å². The Morgan fingerprint density at radius 3 is 2.50 bits per heavy atom. The van der Waals surface area contributed by atoms with Crippen molar-refractivity contribution in [2.24, 2.45) is 5.41 Å². The first-order chi connectivity index (χ1) is 8.23. The summed E-state index contributed by atoms with van der Waals surface area (Å²) in [5, 5.41) is 14.3. The van der Waals surface area contributed by atoms with Crippen LogP contribution in [-0.2, 0) is 6.54 Å². The highest BCUT2D eigenvalue weighted by Gasteiger charge is 2.20. The highest BCUT2D eigenvalue weighted by atomic mass is 16.6. The number of hydrogen-bond donors (Lipinski definition) is 1. The highest BCUT2D eigenvalue weighted by molar-refractivity contribution is 5.44. The van der Waals surface area contributed by atoms with Gasteiger partial charge in [-0.1, -0.05) is 32.9 Å². The number of rotatable bonds is 4. The van der Waals surface area contributed by atoms with Gasteiger partial charge in [-0.25, -0.2) is 0 Å². The second-order valence-electron chi connectivity index (χ2n) is 5.79. The fourth-order valence-electron chi connectivity index (χ4n) is 1.63. The maximum atomic E-state index is 10.9. The van der Waals surface area contributed by atoms with E-state index in [-0.39, 0.29) is 16.0 Å². The first-order valence-corrected chi connectivity index (χ1v) is 6.19. The summed E-state index contributed by atoms with van der Waals surface area (Å²) in [5.74, 6) is 0. The van der Waals surface area contributed by atoms with Gasteiger partial charge in [-0.2, -0.15) is 0 Å². The first kappa shape index (κ1) is 14.6. The molecule has 18 heavy (non-hydrogen) atoms. The Kier molecular flexibility index (Phi) is 4.46. The predicted octanol–water partition coefficient (Wildman–Crippen LogP) is 3.43. The van der Waals surface area contributed by atoms with E-state index in [0.29, 0.717) is 12.6 Å². The molecule has 0 aromatic heterocycles. The molecule has 4 heteroatoms. The third-order valence-electron chi connectivity index (χ3n) is 3.51. The lowest BCUT2D eigenvalue weighted by Gasteiger charge is -2.28. The van der Waals surface area contributed by atoms with Crippen LogP contribution >= 0.6 is 0 Å². The SMILES string of the molecule is Cc1c(CNC(C)C(C)(C)C)cccc1[N+](=O)[O-]. The largest absolute Gasteiger partial charge is 0.310 e. The van der Waals surface area contributed by atoms with E-state index in [1.54, 1.807) is 19.1 Å². The van der Waals surface area contributed by atoms with Crippen LogP contribution in [0.5, 0.6) is 0 Å².